The molecule has 2 aromatic carbocycles. The highest BCUT2D eigenvalue weighted by Crippen LogP contribution is 2.22. The Morgan fingerprint density at radius 1 is 0.895 bits per heavy atom. The Bertz CT molecular complexity index is 514. The van der Waals surface area contributed by atoms with Crippen LogP contribution in [-0.4, -0.2) is 0 Å². The molecule has 0 N–H and O–H groups in total. The molecule has 2 aromatic rings. The minimum atomic E-state index is 0.876. The van der Waals surface area contributed by atoms with Gasteiger partial charge in [0.15, 0.2) is 0 Å². The van der Waals surface area contributed by atoms with E-state index < -0.39 is 0 Å². The van der Waals surface area contributed by atoms with Crippen LogP contribution in [0.2, 0.25) is 0 Å². The standard InChI is InChI=1S/C18H20O/c1-2-3-4-6-10-16-11-9-14-18(15-16)19-17-12-7-5-8-13-17/h4-9,11-15H,2-3,10H2,1H3/b6-4+. The van der Waals surface area contributed by atoms with Crippen LogP contribution in [0.5, 0.6) is 11.5 Å². The summed E-state index contributed by atoms with van der Waals surface area (Å²) in [5.74, 6) is 1.77. The van der Waals surface area contributed by atoms with Gasteiger partial charge in [0.25, 0.3) is 0 Å². The van der Waals surface area contributed by atoms with Crippen LogP contribution < -0.4 is 4.74 Å². The van der Waals surface area contributed by atoms with Crippen molar-refractivity contribution in [2.24, 2.45) is 0 Å². The number of hydrogen-bond acceptors (Lipinski definition) is 1. The van der Waals surface area contributed by atoms with Crippen LogP contribution in [0.1, 0.15) is 25.3 Å². The molecule has 0 aliphatic carbocycles. The minimum absolute atomic E-state index is 0.876. The van der Waals surface area contributed by atoms with E-state index in [0.29, 0.717) is 0 Å². The molecule has 0 bridgehead atoms. The molecule has 0 heterocycles. The van der Waals surface area contributed by atoms with Crippen LogP contribution in [0, 0.1) is 0 Å². The Hall–Kier alpha value is -2.02. The number of allylic oxidation sites excluding steroid dienone is 2. The average molecular weight is 252 g/mol. The molecule has 19 heavy (non-hydrogen) atoms. The Morgan fingerprint density at radius 2 is 1.68 bits per heavy atom. The fraction of sp³-hybridized carbons (Fsp3) is 0.222. The molecule has 2 rings (SSSR count). The van der Waals surface area contributed by atoms with Gasteiger partial charge >= 0.3 is 0 Å². The molecule has 98 valence electrons. The highest BCUT2D eigenvalue weighted by Gasteiger charge is 1.97. The minimum Gasteiger partial charge on any atom is -0.457 e. The van der Waals surface area contributed by atoms with E-state index in [1.54, 1.807) is 0 Å². The van der Waals surface area contributed by atoms with Crippen molar-refractivity contribution in [2.45, 2.75) is 26.2 Å². The normalized spacial score (nSPS) is 10.8. The van der Waals surface area contributed by atoms with E-state index in [0.717, 1.165) is 24.3 Å². The van der Waals surface area contributed by atoms with E-state index in [9.17, 15) is 0 Å². The Balaban J connectivity index is 1.99. The molecule has 0 atom stereocenters. The van der Waals surface area contributed by atoms with Gasteiger partial charge in [-0.05, 0) is 42.7 Å². The molecule has 0 amide bonds. The summed E-state index contributed by atoms with van der Waals surface area (Å²) in [6.07, 6.45) is 7.79. The summed E-state index contributed by atoms with van der Waals surface area (Å²) in [7, 11) is 0. The first-order valence-electron chi connectivity index (χ1n) is 6.85. The van der Waals surface area contributed by atoms with Crippen molar-refractivity contribution in [1.29, 1.82) is 0 Å². The number of benzene rings is 2. The third-order valence-electron chi connectivity index (χ3n) is 2.85. The molecule has 0 aliphatic heterocycles. The van der Waals surface area contributed by atoms with Gasteiger partial charge in [-0.3, -0.25) is 0 Å². The largest absolute Gasteiger partial charge is 0.457 e. The monoisotopic (exact) mass is 252 g/mol. The average Bonchev–Trinajstić information content (AvgIpc) is 2.45. The second-order valence-corrected chi connectivity index (χ2v) is 4.53. The zero-order valence-electron chi connectivity index (χ0n) is 11.4. The van der Waals surface area contributed by atoms with Crippen LogP contribution >= 0.6 is 0 Å². The lowest BCUT2D eigenvalue weighted by atomic mass is 10.1. The first-order chi connectivity index (χ1) is 9.38. The SMILES string of the molecule is CCC/C=C/Cc1cccc(Oc2ccccc2)c1. The van der Waals surface area contributed by atoms with Crippen molar-refractivity contribution in [3.63, 3.8) is 0 Å². The van der Waals surface area contributed by atoms with E-state index in [1.807, 2.05) is 42.5 Å². The quantitative estimate of drug-likeness (QED) is 0.627. The van der Waals surface area contributed by atoms with Crippen LogP contribution in [0.15, 0.2) is 66.7 Å². The molecular formula is C18H20O. The fourth-order valence-corrected chi connectivity index (χ4v) is 1.86. The van der Waals surface area contributed by atoms with E-state index in [4.69, 9.17) is 4.74 Å². The molecule has 0 unspecified atom stereocenters. The summed E-state index contributed by atoms with van der Waals surface area (Å²) in [6.45, 7) is 2.19. The van der Waals surface area contributed by atoms with Crippen LogP contribution in [-0.2, 0) is 6.42 Å². The van der Waals surface area contributed by atoms with Gasteiger partial charge in [-0.2, -0.15) is 0 Å². The van der Waals surface area contributed by atoms with Crippen molar-refractivity contribution in [3.8, 4) is 11.5 Å². The second-order valence-electron chi connectivity index (χ2n) is 4.53. The molecule has 0 saturated heterocycles. The molecule has 1 nitrogen and oxygen atoms in total. The summed E-state index contributed by atoms with van der Waals surface area (Å²) < 4.78 is 5.82. The van der Waals surface area contributed by atoms with Gasteiger partial charge < -0.3 is 4.74 Å². The number of unbranched alkanes of at least 4 members (excludes halogenated alkanes) is 1. The lowest BCUT2D eigenvalue weighted by Crippen LogP contribution is -1.86. The summed E-state index contributed by atoms with van der Waals surface area (Å²) in [6, 6.07) is 18.1. The Labute approximate surface area is 115 Å². The maximum Gasteiger partial charge on any atom is 0.127 e. The first kappa shape index (κ1) is 13.4. The Kier molecular flexibility index (Phi) is 5.24. The maximum atomic E-state index is 5.82. The molecule has 0 aliphatic rings. The van der Waals surface area contributed by atoms with Crippen molar-refractivity contribution < 1.29 is 4.74 Å². The highest BCUT2D eigenvalue weighted by molar-refractivity contribution is 5.34. The summed E-state index contributed by atoms with van der Waals surface area (Å²) in [4.78, 5) is 0. The number of ether oxygens (including phenoxy) is 1. The van der Waals surface area contributed by atoms with Gasteiger partial charge in [-0.1, -0.05) is 55.8 Å². The summed E-state index contributed by atoms with van der Waals surface area (Å²) >= 11 is 0. The zero-order chi connectivity index (χ0) is 13.3. The van der Waals surface area contributed by atoms with E-state index >= 15 is 0 Å². The Morgan fingerprint density at radius 3 is 2.47 bits per heavy atom. The van der Waals surface area contributed by atoms with Crippen molar-refractivity contribution >= 4 is 0 Å². The maximum absolute atomic E-state index is 5.82. The molecule has 0 saturated carbocycles. The predicted molar refractivity (Wildman–Crippen MR) is 80.7 cm³/mol. The molecule has 1 heteroatoms. The lowest BCUT2D eigenvalue weighted by Gasteiger charge is -2.06. The molecule has 0 fully saturated rings. The van der Waals surface area contributed by atoms with Crippen molar-refractivity contribution in [3.05, 3.63) is 72.3 Å². The van der Waals surface area contributed by atoms with E-state index in [1.165, 1.54) is 12.0 Å². The lowest BCUT2D eigenvalue weighted by molar-refractivity contribution is 0.482. The third-order valence-corrected chi connectivity index (χ3v) is 2.85. The number of para-hydroxylation sites is 1. The molecule has 0 spiro atoms. The second kappa shape index (κ2) is 7.42. The molecular weight excluding hydrogens is 232 g/mol. The fourth-order valence-electron chi connectivity index (χ4n) is 1.86. The van der Waals surface area contributed by atoms with E-state index in [-0.39, 0.29) is 0 Å². The summed E-state index contributed by atoms with van der Waals surface area (Å²) in [5, 5.41) is 0. The van der Waals surface area contributed by atoms with Gasteiger partial charge in [0.1, 0.15) is 11.5 Å². The number of hydrogen-bond donors (Lipinski definition) is 0. The topological polar surface area (TPSA) is 9.23 Å². The van der Waals surface area contributed by atoms with Gasteiger partial charge in [-0.15, -0.1) is 0 Å². The summed E-state index contributed by atoms with van der Waals surface area (Å²) in [5.41, 5.74) is 1.28. The molecule has 0 radical (unpaired) electrons. The van der Waals surface area contributed by atoms with E-state index in [2.05, 4.69) is 31.2 Å². The van der Waals surface area contributed by atoms with Gasteiger partial charge in [-0.25, -0.2) is 0 Å². The van der Waals surface area contributed by atoms with Crippen LogP contribution in [0.4, 0.5) is 0 Å². The smallest absolute Gasteiger partial charge is 0.127 e. The first-order valence-corrected chi connectivity index (χ1v) is 6.85. The van der Waals surface area contributed by atoms with Crippen LogP contribution in [0.3, 0.4) is 0 Å². The zero-order valence-corrected chi connectivity index (χ0v) is 11.4. The van der Waals surface area contributed by atoms with Crippen LogP contribution in [0.25, 0.3) is 0 Å². The molecule has 0 aromatic heterocycles. The van der Waals surface area contributed by atoms with Gasteiger partial charge in [0.05, 0.1) is 0 Å². The third kappa shape index (κ3) is 4.63. The predicted octanol–water partition coefficient (Wildman–Crippen LogP) is 5.38. The van der Waals surface area contributed by atoms with Gasteiger partial charge in [0.2, 0.25) is 0 Å². The van der Waals surface area contributed by atoms with Gasteiger partial charge in [0, 0.05) is 0 Å². The van der Waals surface area contributed by atoms with Crippen molar-refractivity contribution in [1.82, 2.24) is 0 Å². The number of rotatable bonds is 6. The van der Waals surface area contributed by atoms with Crippen molar-refractivity contribution in [2.75, 3.05) is 0 Å². The highest BCUT2D eigenvalue weighted by atomic mass is 16.5.